The number of benzene rings is 2. The Balaban J connectivity index is 1.44. The number of aromatic nitrogens is 2. The molecule has 2 aromatic carbocycles. The van der Waals surface area contributed by atoms with Crippen LogP contribution in [0.25, 0.3) is 11.3 Å². The first-order valence-corrected chi connectivity index (χ1v) is 12.3. The minimum atomic E-state index is -4.44. The van der Waals surface area contributed by atoms with Crippen LogP contribution in [0.2, 0.25) is 0 Å². The molecule has 4 rings (SSSR count). The van der Waals surface area contributed by atoms with Crippen molar-refractivity contribution in [1.29, 1.82) is 0 Å². The van der Waals surface area contributed by atoms with Gasteiger partial charge in [0.15, 0.2) is 5.78 Å². The first-order chi connectivity index (χ1) is 16.6. The number of nitrogens with zero attached hydrogens (tertiary/aromatic N) is 3. The summed E-state index contributed by atoms with van der Waals surface area (Å²) < 4.78 is 78.7. The van der Waals surface area contributed by atoms with E-state index in [9.17, 15) is 30.8 Å². The van der Waals surface area contributed by atoms with Crippen molar-refractivity contribution >= 4 is 15.8 Å². The quantitative estimate of drug-likeness (QED) is 0.435. The van der Waals surface area contributed by atoms with Gasteiger partial charge in [0.1, 0.15) is 11.6 Å². The van der Waals surface area contributed by atoms with Crippen molar-refractivity contribution < 1.29 is 30.8 Å². The third-order valence-corrected chi connectivity index (χ3v) is 7.73. The van der Waals surface area contributed by atoms with Crippen LogP contribution in [0.15, 0.2) is 65.7 Å². The molecule has 0 bridgehead atoms. The summed E-state index contributed by atoms with van der Waals surface area (Å²) in [6.45, 7) is 0.190. The molecule has 2 heterocycles. The zero-order valence-electron chi connectivity index (χ0n) is 18.4. The van der Waals surface area contributed by atoms with Gasteiger partial charge in [-0.15, -0.1) is 0 Å². The molecule has 1 saturated heterocycles. The van der Waals surface area contributed by atoms with Gasteiger partial charge in [-0.1, -0.05) is 12.1 Å². The molecule has 1 atom stereocenters. The number of hydrogen-bond donors (Lipinski definition) is 0. The molecular formula is C24H21F4N3O3S. The fraction of sp³-hybridized carbons (Fsp3) is 0.292. The normalized spacial score (nSPS) is 17.0. The van der Waals surface area contributed by atoms with Crippen molar-refractivity contribution in [1.82, 2.24) is 14.3 Å². The molecular weight excluding hydrogens is 486 g/mol. The highest BCUT2D eigenvalue weighted by molar-refractivity contribution is 7.89. The Morgan fingerprint density at radius 3 is 2.37 bits per heavy atom. The van der Waals surface area contributed by atoms with Gasteiger partial charge in [0, 0.05) is 31.1 Å². The molecule has 184 valence electrons. The predicted molar refractivity (Wildman–Crippen MR) is 119 cm³/mol. The third kappa shape index (κ3) is 5.57. The highest BCUT2D eigenvalue weighted by Crippen LogP contribution is 2.31. The standard InChI is InChI=1S/C24H21F4N3O3S/c25-18-7-9-19(10-8-18)35(33,34)31-15-1-2-21(31)22(32)11-12-23-29-14-13-20(30-23)16-3-5-17(6-4-16)24(26,27)28/h3-10,13-14,21H,1-2,11-12,15H2/t21-/m0/s1. The molecule has 0 amide bonds. The van der Waals surface area contributed by atoms with E-state index in [0.29, 0.717) is 29.9 Å². The minimum Gasteiger partial charge on any atom is -0.298 e. The van der Waals surface area contributed by atoms with E-state index in [1.165, 1.54) is 30.5 Å². The number of sulfonamides is 1. The lowest BCUT2D eigenvalue weighted by Crippen LogP contribution is -2.40. The van der Waals surface area contributed by atoms with Gasteiger partial charge in [0.2, 0.25) is 10.0 Å². The van der Waals surface area contributed by atoms with E-state index in [1.54, 1.807) is 6.07 Å². The maximum Gasteiger partial charge on any atom is 0.416 e. The van der Waals surface area contributed by atoms with Crippen molar-refractivity contribution in [2.24, 2.45) is 0 Å². The highest BCUT2D eigenvalue weighted by atomic mass is 32.2. The summed E-state index contributed by atoms with van der Waals surface area (Å²) in [5.41, 5.74) is 0.121. The Kier molecular flexibility index (Phi) is 7.00. The average molecular weight is 508 g/mol. The lowest BCUT2D eigenvalue weighted by Gasteiger charge is -2.23. The van der Waals surface area contributed by atoms with E-state index in [1.807, 2.05) is 0 Å². The lowest BCUT2D eigenvalue weighted by atomic mass is 10.1. The average Bonchev–Trinajstić information content (AvgIpc) is 3.34. The van der Waals surface area contributed by atoms with Crippen LogP contribution in [0.3, 0.4) is 0 Å². The molecule has 1 aliphatic rings. The highest BCUT2D eigenvalue weighted by Gasteiger charge is 2.39. The van der Waals surface area contributed by atoms with E-state index < -0.39 is 33.6 Å². The van der Waals surface area contributed by atoms with Gasteiger partial charge in [0.25, 0.3) is 0 Å². The molecule has 1 aromatic heterocycles. The Morgan fingerprint density at radius 2 is 1.71 bits per heavy atom. The smallest absolute Gasteiger partial charge is 0.298 e. The van der Waals surface area contributed by atoms with Crippen molar-refractivity contribution in [3.8, 4) is 11.3 Å². The second-order valence-electron chi connectivity index (χ2n) is 8.13. The lowest BCUT2D eigenvalue weighted by molar-refractivity contribution is -0.137. The maximum absolute atomic E-state index is 13.2. The van der Waals surface area contributed by atoms with Gasteiger partial charge in [-0.05, 0) is 55.3 Å². The zero-order chi connectivity index (χ0) is 25.2. The molecule has 1 aliphatic heterocycles. The summed E-state index contributed by atoms with van der Waals surface area (Å²) >= 11 is 0. The maximum atomic E-state index is 13.2. The molecule has 0 N–H and O–H groups in total. The van der Waals surface area contributed by atoms with Crippen LogP contribution < -0.4 is 0 Å². The second kappa shape index (κ2) is 9.82. The van der Waals surface area contributed by atoms with Crippen molar-refractivity contribution in [3.63, 3.8) is 0 Å². The Bertz CT molecular complexity index is 1310. The van der Waals surface area contributed by atoms with Crippen LogP contribution in [0, 0.1) is 5.82 Å². The van der Waals surface area contributed by atoms with Crippen molar-refractivity contribution in [2.75, 3.05) is 6.54 Å². The monoisotopic (exact) mass is 507 g/mol. The first kappa shape index (κ1) is 24.9. The van der Waals surface area contributed by atoms with Crippen molar-refractivity contribution in [2.45, 2.75) is 42.8 Å². The van der Waals surface area contributed by atoms with Crippen molar-refractivity contribution in [3.05, 3.63) is 78.0 Å². The van der Waals surface area contributed by atoms with Crippen LogP contribution in [-0.2, 0) is 27.4 Å². The van der Waals surface area contributed by atoms with Crippen LogP contribution >= 0.6 is 0 Å². The van der Waals surface area contributed by atoms with Gasteiger partial charge in [-0.2, -0.15) is 17.5 Å². The summed E-state index contributed by atoms with van der Waals surface area (Å²) in [7, 11) is -3.95. The minimum absolute atomic E-state index is 0.00340. The van der Waals surface area contributed by atoms with Gasteiger partial charge in [-0.3, -0.25) is 4.79 Å². The van der Waals surface area contributed by atoms with E-state index in [-0.39, 0.29) is 30.1 Å². The molecule has 11 heteroatoms. The number of Topliss-reactive ketones (excluding diaryl/α,β-unsaturated/α-hetero) is 1. The van der Waals surface area contributed by atoms with Gasteiger partial charge in [-0.25, -0.2) is 22.8 Å². The number of aryl methyl sites for hydroxylation is 1. The van der Waals surface area contributed by atoms with E-state index in [4.69, 9.17) is 0 Å². The van der Waals surface area contributed by atoms with Gasteiger partial charge >= 0.3 is 6.18 Å². The Morgan fingerprint density at radius 1 is 1.03 bits per heavy atom. The Labute approximate surface area is 199 Å². The van der Waals surface area contributed by atoms with Crippen LogP contribution in [0.4, 0.5) is 17.6 Å². The van der Waals surface area contributed by atoms with Gasteiger partial charge in [0.05, 0.1) is 22.2 Å². The molecule has 35 heavy (non-hydrogen) atoms. The van der Waals surface area contributed by atoms with Crippen LogP contribution in [-0.4, -0.2) is 41.1 Å². The van der Waals surface area contributed by atoms with E-state index >= 15 is 0 Å². The Hall–Kier alpha value is -3.18. The number of ketones is 1. The molecule has 0 saturated carbocycles. The third-order valence-electron chi connectivity index (χ3n) is 5.80. The van der Waals surface area contributed by atoms with Crippen LogP contribution in [0.1, 0.15) is 30.7 Å². The van der Waals surface area contributed by atoms with Crippen LogP contribution in [0.5, 0.6) is 0 Å². The summed E-state index contributed by atoms with van der Waals surface area (Å²) in [4.78, 5) is 21.3. The first-order valence-electron chi connectivity index (χ1n) is 10.9. The predicted octanol–water partition coefficient (Wildman–Crippen LogP) is 4.66. The largest absolute Gasteiger partial charge is 0.416 e. The molecule has 1 fully saturated rings. The topological polar surface area (TPSA) is 80.2 Å². The summed E-state index contributed by atoms with van der Waals surface area (Å²) in [5.74, 6) is -0.519. The molecule has 0 aliphatic carbocycles. The summed E-state index contributed by atoms with van der Waals surface area (Å²) in [6, 6.07) is 9.75. The summed E-state index contributed by atoms with van der Waals surface area (Å²) in [6.07, 6.45) is -1.93. The zero-order valence-corrected chi connectivity index (χ0v) is 19.2. The number of hydrogen-bond acceptors (Lipinski definition) is 5. The number of carbonyl (C=O) groups is 1. The van der Waals surface area contributed by atoms with Gasteiger partial charge < -0.3 is 0 Å². The number of halogens is 4. The number of carbonyl (C=O) groups excluding carboxylic acids is 1. The SMILES string of the molecule is O=C(CCc1nccc(-c2ccc(C(F)(F)F)cc2)n1)[C@@H]1CCCN1S(=O)(=O)c1ccc(F)cc1. The molecule has 0 unspecified atom stereocenters. The molecule has 6 nitrogen and oxygen atoms in total. The molecule has 3 aromatic rings. The molecule has 0 spiro atoms. The fourth-order valence-corrected chi connectivity index (χ4v) is 5.68. The second-order valence-corrected chi connectivity index (χ2v) is 10.0. The summed E-state index contributed by atoms with van der Waals surface area (Å²) in [5, 5.41) is 0. The fourth-order valence-electron chi connectivity index (χ4n) is 4.00. The van der Waals surface area contributed by atoms with E-state index in [2.05, 4.69) is 9.97 Å². The number of alkyl halides is 3. The number of rotatable bonds is 7. The molecule has 0 radical (unpaired) electrons. The van der Waals surface area contributed by atoms with E-state index in [0.717, 1.165) is 28.6 Å².